The van der Waals surface area contributed by atoms with Crippen LogP contribution in [-0.4, -0.2) is 36.6 Å². The van der Waals surface area contributed by atoms with Gasteiger partial charge in [0.1, 0.15) is 6.10 Å². The van der Waals surface area contributed by atoms with Gasteiger partial charge in [0.25, 0.3) is 5.91 Å². The van der Waals surface area contributed by atoms with Gasteiger partial charge in [-0.3, -0.25) is 4.79 Å². The van der Waals surface area contributed by atoms with Crippen molar-refractivity contribution in [2.24, 2.45) is 0 Å². The molecule has 1 amide bonds. The van der Waals surface area contributed by atoms with E-state index in [0.29, 0.717) is 6.04 Å². The number of ether oxygens (including phenoxy) is 1. The van der Waals surface area contributed by atoms with Crippen LogP contribution in [0, 0.1) is 0 Å². The molecule has 64 valence electrons. The van der Waals surface area contributed by atoms with E-state index < -0.39 is 0 Å². The number of hydrogen-bond acceptors (Lipinski definition) is 2. The van der Waals surface area contributed by atoms with Crippen LogP contribution in [0.5, 0.6) is 0 Å². The van der Waals surface area contributed by atoms with Crippen LogP contribution >= 0.6 is 0 Å². The van der Waals surface area contributed by atoms with Crippen LogP contribution in [0.3, 0.4) is 0 Å². The van der Waals surface area contributed by atoms with Crippen molar-refractivity contribution in [1.29, 1.82) is 0 Å². The third kappa shape index (κ3) is 1.53. The fraction of sp³-hybridized carbons (Fsp3) is 0.875. The average Bonchev–Trinajstić information content (AvgIpc) is 2.30. The smallest absolute Gasteiger partial charge is 0.251 e. The maximum atomic E-state index is 11.4. The molecule has 1 aliphatic rings. The molecule has 0 bridgehead atoms. The molecule has 1 aliphatic heterocycles. The molecule has 0 aromatic heterocycles. The molecule has 0 aliphatic carbocycles. The van der Waals surface area contributed by atoms with Gasteiger partial charge in [0.2, 0.25) is 0 Å². The predicted molar refractivity (Wildman–Crippen MR) is 42.3 cm³/mol. The number of carbonyl (C=O) groups excluding carboxylic acids is 1. The molecule has 3 nitrogen and oxygen atoms in total. The lowest BCUT2D eigenvalue weighted by molar-refractivity contribution is -0.137. The van der Waals surface area contributed by atoms with Crippen LogP contribution < -0.4 is 0 Å². The molecule has 0 saturated carbocycles. The first kappa shape index (κ1) is 8.53. The summed E-state index contributed by atoms with van der Waals surface area (Å²) < 4.78 is 5.01. The number of rotatable bonds is 2. The van der Waals surface area contributed by atoms with Crippen LogP contribution in [0.2, 0.25) is 0 Å². The van der Waals surface area contributed by atoms with E-state index in [1.807, 2.05) is 18.7 Å². The van der Waals surface area contributed by atoms with Crippen molar-refractivity contribution < 1.29 is 9.53 Å². The molecule has 1 heterocycles. The highest BCUT2D eigenvalue weighted by Crippen LogP contribution is 2.15. The Kier molecular flexibility index (Phi) is 2.49. The molecule has 3 heteroatoms. The molecule has 1 saturated heterocycles. The zero-order valence-electron chi connectivity index (χ0n) is 7.33. The third-order valence-electron chi connectivity index (χ3n) is 2.10. The molecule has 1 fully saturated rings. The van der Waals surface area contributed by atoms with Crippen molar-refractivity contribution in [3.05, 3.63) is 0 Å². The van der Waals surface area contributed by atoms with Gasteiger partial charge in [0.15, 0.2) is 0 Å². The Morgan fingerprint density at radius 1 is 1.64 bits per heavy atom. The van der Waals surface area contributed by atoms with Crippen molar-refractivity contribution in [2.45, 2.75) is 32.4 Å². The van der Waals surface area contributed by atoms with Gasteiger partial charge in [-0.15, -0.1) is 0 Å². The zero-order chi connectivity index (χ0) is 8.43. The Labute approximate surface area is 67.3 Å². The molecule has 0 spiro atoms. The maximum absolute atomic E-state index is 11.4. The first-order valence-corrected chi connectivity index (χ1v) is 4.00. The number of methoxy groups -OCH3 is 1. The topological polar surface area (TPSA) is 29.5 Å². The number of amides is 1. The van der Waals surface area contributed by atoms with E-state index in [1.54, 1.807) is 7.11 Å². The second kappa shape index (κ2) is 3.22. The second-order valence-corrected chi connectivity index (χ2v) is 3.14. The fourth-order valence-corrected chi connectivity index (χ4v) is 1.41. The van der Waals surface area contributed by atoms with E-state index in [9.17, 15) is 4.79 Å². The quantitative estimate of drug-likeness (QED) is 0.588. The molecule has 0 N–H and O–H groups in total. The number of carbonyl (C=O) groups is 1. The lowest BCUT2D eigenvalue weighted by atomic mass is 10.3. The van der Waals surface area contributed by atoms with Gasteiger partial charge in [0, 0.05) is 26.1 Å². The molecule has 0 radical (unpaired) electrons. The summed E-state index contributed by atoms with van der Waals surface area (Å²) in [6.45, 7) is 4.89. The highest BCUT2D eigenvalue weighted by Gasteiger charge is 2.32. The summed E-state index contributed by atoms with van der Waals surface area (Å²) in [6.07, 6.45) is 0.658. The molecule has 1 atom stereocenters. The van der Waals surface area contributed by atoms with E-state index in [-0.39, 0.29) is 12.0 Å². The van der Waals surface area contributed by atoms with Gasteiger partial charge in [-0.1, -0.05) is 0 Å². The minimum Gasteiger partial charge on any atom is -0.372 e. The Morgan fingerprint density at radius 2 is 2.27 bits per heavy atom. The molecule has 1 rings (SSSR count). The Hall–Kier alpha value is -0.570. The Balaban J connectivity index is 2.56. The maximum Gasteiger partial charge on any atom is 0.251 e. The SMILES string of the molecule is CO[C@@H]1CCN(C(C)C)C1=O. The number of nitrogens with zero attached hydrogens (tertiary/aromatic N) is 1. The van der Waals surface area contributed by atoms with E-state index in [2.05, 4.69) is 0 Å². The predicted octanol–water partition coefficient (Wildman–Crippen LogP) is 0.642. The summed E-state index contributed by atoms with van der Waals surface area (Å²) in [6, 6.07) is 0.308. The van der Waals surface area contributed by atoms with E-state index in [4.69, 9.17) is 4.74 Å². The summed E-state index contributed by atoms with van der Waals surface area (Å²) >= 11 is 0. The highest BCUT2D eigenvalue weighted by molar-refractivity contribution is 5.83. The van der Waals surface area contributed by atoms with Crippen molar-refractivity contribution in [1.82, 2.24) is 4.90 Å². The van der Waals surface area contributed by atoms with Gasteiger partial charge in [-0.2, -0.15) is 0 Å². The highest BCUT2D eigenvalue weighted by atomic mass is 16.5. The van der Waals surface area contributed by atoms with E-state index >= 15 is 0 Å². The van der Waals surface area contributed by atoms with Crippen molar-refractivity contribution >= 4 is 5.91 Å². The van der Waals surface area contributed by atoms with Crippen LogP contribution in [0.1, 0.15) is 20.3 Å². The lowest BCUT2D eigenvalue weighted by Gasteiger charge is -2.20. The van der Waals surface area contributed by atoms with Gasteiger partial charge in [-0.25, -0.2) is 0 Å². The van der Waals surface area contributed by atoms with Crippen LogP contribution in [0.15, 0.2) is 0 Å². The Bertz CT molecular complexity index is 156. The normalized spacial score (nSPS) is 25.3. The second-order valence-electron chi connectivity index (χ2n) is 3.14. The standard InChI is InChI=1S/C8H15NO2/c1-6(2)9-5-4-7(11-3)8(9)10/h6-7H,4-5H2,1-3H3/t7-/m1/s1. The molecule has 0 aromatic rings. The van der Waals surface area contributed by atoms with E-state index in [1.165, 1.54) is 0 Å². The first-order valence-electron chi connectivity index (χ1n) is 4.00. The van der Waals surface area contributed by atoms with Gasteiger partial charge in [-0.05, 0) is 13.8 Å². The molecule has 0 unspecified atom stereocenters. The lowest BCUT2D eigenvalue weighted by Crippen LogP contribution is -2.35. The summed E-state index contributed by atoms with van der Waals surface area (Å²) in [5.41, 5.74) is 0. The van der Waals surface area contributed by atoms with Gasteiger partial charge in [0.05, 0.1) is 0 Å². The molecular formula is C8H15NO2. The van der Waals surface area contributed by atoms with E-state index in [0.717, 1.165) is 13.0 Å². The minimum absolute atomic E-state index is 0.141. The first-order chi connectivity index (χ1) is 5.16. The molecule has 11 heavy (non-hydrogen) atoms. The van der Waals surface area contributed by atoms with Crippen molar-refractivity contribution in [3.63, 3.8) is 0 Å². The fourth-order valence-electron chi connectivity index (χ4n) is 1.41. The summed E-state index contributed by atoms with van der Waals surface area (Å²) in [5, 5.41) is 0. The largest absolute Gasteiger partial charge is 0.372 e. The minimum atomic E-state index is -0.183. The number of likely N-dealkylation sites (tertiary alicyclic amines) is 1. The van der Waals surface area contributed by atoms with Crippen LogP contribution in [-0.2, 0) is 9.53 Å². The van der Waals surface area contributed by atoms with Gasteiger partial charge >= 0.3 is 0 Å². The molecule has 0 aromatic carbocycles. The van der Waals surface area contributed by atoms with Gasteiger partial charge < -0.3 is 9.64 Å². The van der Waals surface area contributed by atoms with Crippen molar-refractivity contribution in [3.8, 4) is 0 Å². The summed E-state index contributed by atoms with van der Waals surface area (Å²) in [5.74, 6) is 0.141. The summed E-state index contributed by atoms with van der Waals surface area (Å²) in [4.78, 5) is 13.2. The Morgan fingerprint density at radius 3 is 2.55 bits per heavy atom. The average molecular weight is 157 g/mol. The number of hydrogen-bond donors (Lipinski definition) is 0. The van der Waals surface area contributed by atoms with Crippen LogP contribution in [0.25, 0.3) is 0 Å². The van der Waals surface area contributed by atoms with Crippen molar-refractivity contribution in [2.75, 3.05) is 13.7 Å². The molecular weight excluding hydrogens is 142 g/mol. The zero-order valence-corrected chi connectivity index (χ0v) is 7.33. The monoisotopic (exact) mass is 157 g/mol. The van der Waals surface area contributed by atoms with Crippen LogP contribution in [0.4, 0.5) is 0 Å². The summed E-state index contributed by atoms with van der Waals surface area (Å²) in [7, 11) is 1.59. The third-order valence-corrected chi connectivity index (χ3v) is 2.10.